The quantitative estimate of drug-likeness (QED) is 0.0680. The molecule has 0 amide bonds. The molecule has 1 N–H and O–H groups in total. The van der Waals surface area contributed by atoms with Crippen molar-refractivity contribution in [2.24, 2.45) is 22.2 Å². The molecule has 0 spiro atoms. The maximum Gasteiger partial charge on any atom is 0.162 e. The van der Waals surface area contributed by atoms with Crippen LogP contribution in [0.3, 0.4) is 0 Å². The van der Waals surface area contributed by atoms with Gasteiger partial charge in [-0.3, -0.25) is 9.78 Å². The van der Waals surface area contributed by atoms with E-state index in [0.29, 0.717) is 0 Å². The summed E-state index contributed by atoms with van der Waals surface area (Å²) in [6, 6.07) is 18.8. The van der Waals surface area contributed by atoms with Crippen molar-refractivity contribution in [3.05, 3.63) is 88.8 Å². The minimum atomic E-state index is -0.248. The van der Waals surface area contributed by atoms with Gasteiger partial charge >= 0.3 is 0 Å². The summed E-state index contributed by atoms with van der Waals surface area (Å²) in [5, 5.41) is 16.6. The van der Waals surface area contributed by atoms with Gasteiger partial charge in [-0.15, -0.1) is 17.5 Å². The van der Waals surface area contributed by atoms with Gasteiger partial charge in [0.25, 0.3) is 0 Å². The molecule has 0 saturated carbocycles. The normalized spacial score (nSPS) is 13.3. The summed E-state index contributed by atoms with van der Waals surface area (Å²) in [7, 11) is 0. The molecule has 0 aliphatic carbocycles. The number of carbonyl (C=O) groups excluding carboxylic acids is 1. The largest absolute Gasteiger partial charge is 0.512 e. The van der Waals surface area contributed by atoms with Crippen LogP contribution in [0.5, 0.6) is 11.5 Å². The number of benzene rings is 4. The van der Waals surface area contributed by atoms with Crippen molar-refractivity contribution in [1.29, 1.82) is 0 Å². The van der Waals surface area contributed by atoms with Gasteiger partial charge in [0.15, 0.2) is 5.78 Å². The zero-order valence-corrected chi connectivity index (χ0v) is 37.4. The number of hydrogen-bond acceptors (Lipinski definition) is 4. The van der Waals surface area contributed by atoms with Gasteiger partial charge in [-0.1, -0.05) is 128 Å². The summed E-state index contributed by atoms with van der Waals surface area (Å²) in [6.07, 6.45) is 6.93. The van der Waals surface area contributed by atoms with Crippen LogP contribution in [0, 0.1) is 42.1 Å². The van der Waals surface area contributed by atoms with Crippen LogP contribution < -0.4 is 4.74 Å². The predicted octanol–water partition coefficient (Wildman–Crippen LogP) is 14.2. The number of hydrogen-bond donors (Lipinski definition) is 1. The number of pyridine rings is 1. The standard InChI is InChI=1S/C35H36NO.C14H26O2.Ir/c1-20-14-23-16-28-32-31-25(12-13-36-32)24-11-9-10-22(18-34(3,4)5)27(24)17-30(31)37-33(28)29(19-35(6,7)8)26(23)15-21(20)2;1-6-11(7-2)12(15)10-13(16)14(5,8-3)9-4;/h9-15,17H,18-19H2,1-8H3;10-11,16H,6-9H2,1-5H3;/q-1;;/b;13-10-;/i13D;;. The Kier molecular flexibility index (Phi) is 12.9. The fourth-order valence-corrected chi connectivity index (χ4v) is 7.55. The molecular formula is C49H62IrNO3-. The van der Waals surface area contributed by atoms with Crippen molar-refractivity contribution < 1.29 is 36.1 Å². The Morgan fingerprint density at radius 3 is 2.09 bits per heavy atom. The summed E-state index contributed by atoms with van der Waals surface area (Å²) in [6.45, 7) is 28.1. The molecule has 1 aliphatic heterocycles. The second-order valence-corrected chi connectivity index (χ2v) is 18.0. The molecular weight excluding hydrogens is 843 g/mol. The minimum absolute atomic E-state index is 0. The van der Waals surface area contributed by atoms with E-state index in [2.05, 4.69) is 97.9 Å². The Bertz CT molecular complexity index is 2250. The fourth-order valence-electron chi connectivity index (χ4n) is 7.55. The number of aryl methyl sites for hydroxylation is 2. The predicted molar refractivity (Wildman–Crippen MR) is 225 cm³/mol. The van der Waals surface area contributed by atoms with E-state index in [4.69, 9.17) is 11.1 Å². The minimum Gasteiger partial charge on any atom is -0.512 e. The summed E-state index contributed by atoms with van der Waals surface area (Å²) in [5.74, 6) is 2.04. The van der Waals surface area contributed by atoms with Crippen molar-refractivity contribution in [2.75, 3.05) is 0 Å². The van der Waals surface area contributed by atoms with Gasteiger partial charge in [0.1, 0.15) is 11.5 Å². The number of allylic oxidation sites excluding steroid dienone is 2. The molecule has 4 nitrogen and oxygen atoms in total. The van der Waals surface area contributed by atoms with E-state index in [9.17, 15) is 9.90 Å². The van der Waals surface area contributed by atoms with E-state index < -0.39 is 0 Å². The zero-order valence-electron chi connectivity index (χ0n) is 36.0. The average molecular weight is 906 g/mol. The number of ether oxygens (including phenoxy) is 1. The molecule has 54 heavy (non-hydrogen) atoms. The number of nitrogens with zero attached hydrogens (tertiary/aromatic N) is 1. The van der Waals surface area contributed by atoms with E-state index in [1.807, 2.05) is 40.7 Å². The summed E-state index contributed by atoms with van der Waals surface area (Å²) in [4.78, 5) is 16.7. The van der Waals surface area contributed by atoms with Gasteiger partial charge in [-0.2, -0.15) is 0 Å². The third-order valence-corrected chi connectivity index (χ3v) is 11.3. The number of aliphatic hydroxyl groups excluding tert-OH is 1. The molecule has 0 saturated heterocycles. The SMILES string of the molecule is CCC(CC)C(=O)/C=C(\O)C(C)(CC)CC.[2H]c1cc2c3c(cc4c(CC(C)(C)C)cccc42)Oc2c([c-]c4cc(C)c(C)cc4c2CC(C)(C)C)-c3n1.[Ir]. The Labute approximate surface area is 340 Å². The number of carbonyl (C=O) groups is 1. The number of ketones is 1. The molecule has 0 fully saturated rings. The molecule has 2 heterocycles. The van der Waals surface area contributed by atoms with E-state index >= 15 is 0 Å². The van der Waals surface area contributed by atoms with E-state index in [-0.39, 0.29) is 60.0 Å². The molecule has 291 valence electrons. The van der Waals surface area contributed by atoms with Gasteiger partial charge < -0.3 is 9.84 Å². The number of fused-ring (bicyclic) bond motifs is 5. The van der Waals surface area contributed by atoms with Crippen molar-refractivity contribution in [1.82, 2.24) is 4.98 Å². The maximum atomic E-state index is 11.9. The number of aliphatic hydroxyl groups is 1. The Balaban J connectivity index is 0.000000338. The van der Waals surface area contributed by atoms with Crippen LogP contribution in [0.1, 0.15) is 125 Å². The van der Waals surface area contributed by atoms with Crippen LogP contribution >= 0.6 is 0 Å². The number of rotatable bonds is 9. The summed E-state index contributed by atoms with van der Waals surface area (Å²) < 4.78 is 15.6. The molecule has 4 aromatic carbocycles. The second-order valence-electron chi connectivity index (χ2n) is 18.0. The molecule has 1 aromatic heterocycles. The fraction of sp³-hybridized carbons (Fsp3) is 0.469. The van der Waals surface area contributed by atoms with Crippen LogP contribution in [0.4, 0.5) is 0 Å². The van der Waals surface area contributed by atoms with E-state index in [1.165, 1.54) is 39.1 Å². The van der Waals surface area contributed by atoms with Gasteiger partial charge in [0, 0.05) is 54.8 Å². The van der Waals surface area contributed by atoms with Gasteiger partial charge in [-0.25, -0.2) is 0 Å². The first-order valence-electron chi connectivity index (χ1n) is 20.2. The maximum absolute atomic E-state index is 11.9. The number of aromatic nitrogens is 1. The Morgan fingerprint density at radius 2 is 1.50 bits per heavy atom. The second kappa shape index (κ2) is 16.7. The molecule has 0 unspecified atom stereocenters. The molecule has 1 aliphatic rings. The molecule has 0 atom stereocenters. The third-order valence-electron chi connectivity index (χ3n) is 11.3. The first-order valence-corrected chi connectivity index (χ1v) is 19.7. The first kappa shape index (κ1) is 41.6. The smallest absolute Gasteiger partial charge is 0.162 e. The van der Waals surface area contributed by atoms with E-state index in [0.717, 1.165) is 82.8 Å². The molecule has 1 radical (unpaired) electrons. The van der Waals surface area contributed by atoms with Crippen molar-refractivity contribution >= 4 is 38.1 Å². The molecule has 0 bridgehead atoms. The van der Waals surface area contributed by atoms with Crippen LogP contribution in [-0.2, 0) is 37.7 Å². The summed E-state index contributed by atoms with van der Waals surface area (Å²) in [5.41, 5.74) is 6.67. The van der Waals surface area contributed by atoms with Crippen LogP contribution in [0.2, 0.25) is 0 Å². The first-order chi connectivity index (χ1) is 25.2. The van der Waals surface area contributed by atoms with Crippen LogP contribution in [0.15, 0.2) is 60.5 Å². The molecule has 5 aromatic rings. The van der Waals surface area contributed by atoms with Gasteiger partial charge in [0.05, 0.1) is 7.12 Å². The average Bonchev–Trinajstić information content (AvgIpc) is 3.09. The van der Waals surface area contributed by atoms with E-state index in [1.54, 1.807) is 0 Å². The summed E-state index contributed by atoms with van der Waals surface area (Å²) >= 11 is 0. The van der Waals surface area contributed by atoms with Crippen LogP contribution in [-0.4, -0.2) is 15.9 Å². The third kappa shape index (κ3) is 8.95. The zero-order chi connectivity index (χ0) is 39.9. The Hall–Kier alpha value is -3.53. The van der Waals surface area contributed by atoms with Crippen molar-refractivity contribution in [2.45, 2.75) is 129 Å². The van der Waals surface area contributed by atoms with Crippen molar-refractivity contribution in [3.63, 3.8) is 0 Å². The monoisotopic (exact) mass is 906 g/mol. The topological polar surface area (TPSA) is 59.4 Å². The van der Waals surface area contributed by atoms with Gasteiger partial charge in [0.2, 0.25) is 0 Å². The van der Waals surface area contributed by atoms with Crippen molar-refractivity contribution in [3.8, 4) is 22.8 Å². The molecule has 5 heteroatoms. The Morgan fingerprint density at radius 1 is 0.870 bits per heavy atom. The van der Waals surface area contributed by atoms with Crippen LogP contribution in [0.25, 0.3) is 43.6 Å². The molecule has 6 rings (SSSR count). The van der Waals surface area contributed by atoms with Gasteiger partial charge in [-0.05, 0) is 97.1 Å².